The van der Waals surface area contributed by atoms with Crippen LogP contribution in [0, 0.1) is 6.92 Å². The van der Waals surface area contributed by atoms with E-state index >= 15 is 0 Å². The first-order chi connectivity index (χ1) is 14.5. The summed E-state index contributed by atoms with van der Waals surface area (Å²) in [4.78, 5) is 33.3. The molecule has 0 unspecified atom stereocenters. The summed E-state index contributed by atoms with van der Waals surface area (Å²) in [5.74, 6) is 0.801. The second kappa shape index (κ2) is 8.42. The number of aromatic amines is 1. The van der Waals surface area contributed by atoms with Crippen LogP contribution in [0.15, 0.2) is 36.4 Å². The third-order valence-electron chi connectivity index (χ3n) is 4.98. The van der Waals surface area contributed by atoms with Gasteiger partial charge in [-0.15, -0.1) is 0 Å². The van der Waals surface area contributed by atoms with Crippen molar-refractivity contribution in [2.24, 2.45) is 0 Å². The Morgan fingerprint density at radius 3 is 2.93 bits per heavy atom. The van der Waals surface area contributed by atoms with Crippen LogP contribution in [0.25, 0.3) is 11.0 Å². The summed E-state index contributed by atoms with van der Waals surface area (Å²) in [5.41, 5.74) is 3.15. The van der Waals surface area contributed by atoms with Crippen molar-refractivity contribution >= 4 is 28.7 Å². The molecule has 0 saturated carbocycles. The van der Waals surface area contributed by atoms with Crippen LogP contribution < -0.4 is 15.4 Å². The van der Waals surface area contributed by atoms with Gasteiger partial charge < -0.3 is 30.4 Å². The molecular formula is C21H23N5O4. The Kier molecular flexibility index (Phi) is 5.53. The first-order valence-corrected chi connectivity index (χ1v) is 9.71. The molecule has 30 heavy (non-hydrogen) atoms. The predicted molar refractivity (Wildman–Crippen MR) is 112 cm³/mol. The first kappa shape index (κ1) is 19.7. The van der Waals surface area contributed by atoms with Crippen molar-refractivity contribution in [2.75, 3.05) is 31.6 Å². The minimum atomic E-state index is -0.284. The zero-order chi connectivity index (χ0) is 21.1. The quantitative estimate of drug-likeness (QED) is 0.476. The molecule has 0 atom stereocenters. The van der Waals surface area contributed by atoms with Crippen LogP contribution in [0.5, 0.6) is 5.75 Å². The summed E-state index contributed by atoms with van der Waals surface area (Å²) in [6.07, 6.45) is 0. The number of aliphatic hydroxyl groups excluding tert-OH is 1. The molecule has 0 spiro atoms. The highest BCUT2D eigenvalue weighted by Crippen LogP contribution is 2.23. The minimum Gasteiger partial charge on any atom is -0.492 e. The number of anilines is 1. The molecule has 9 nitrogen and oxygen atoms in total. The Bertz CT molecular complexity index is 1090. The van der Waals surface area contributed by atoms with Crippen LogP contribution in [0.4, 0.5) is 10.5 Å². The van der Waals surface area contributed by atoms with Gasteiger partial charge >= 0.3 is 6.03 Å². The Labute approximate surface area is 173 Å². The molecule has 156 valence electrons. The van der Waals surface area contributed by atoms with Crippen molar-refractivity contribution in [3.8, 4) is 5.75 Å². The smallest absolute Gasteiger partial charge is 0.317 e. The molecule has 1 aliphatic heterocycles. The molecule has 0 bridgehead atoms. The van der Waals surface area contributed by atoms with Crippen LogP contribution in [0.3, 0.4) is 0 Å². The van der Waals surface area contributed by atoms with E-state index in [0.717, 1.165) is 5.56 Å². The number of carbonyl (C=O) groups excluding carboxylic acids is 2. The number of amides is 3. The van der Waals surface area contributed by atoms with Crippen LogP contribution in [0.1, 0.15) is 21.7 Å². The van der Waals surface area contributed by atoms with E-state index in [0.29, 0.717) is 60.1 Å². The van der Waals surface area contributed by atoms with Gasteiger partial charge in [0, 0.05) is 18.8 Å². The monoisotopic (exact) mass is 409 g/mol. The number of fused-ring (bicyclic) bond motifs is 1. The number of ether oxygens (including phenoxy) is 1. The fourth-order valence-electron chi connectivity index (χ4n) is 3.40. The van der Waals surface area contributed by atoms with E-state index in [2.05, 4.69) is 20.6 Å². The zero-order valence-electron chi connectivity index (χ0n) is 16.6. The van der Waals surface area contributed by atoms with Gasteiger partial charge in [0.2, 0.25) is 0 Å². The Balaban J connectivity index is 1.41. The van der Waals surface area contributed by atoms with Crippen molar-refractivity contribution in [3.63, 3.8) is 0 Å². The Morgan fingerprint density at radius 1 is 1.33 bits per heavy atom. The van der Waals surface area contributed by atoms with E-state index < -0.39 is 0 Å². The number of nitrogens with zero attached hydrogens (tertiary/aromatic N) is 2. The second-order valence-electron chi connectivity index (χ2n) is 7.04. The molecule has 0 radical (unpaired) electrons. The molecule has 4 rings (SSSR count). The second-order valence-corrected chi connectivity index (χ2v) is 7.04. The number of para-hydroxylation sites is 1. The number of aromatic nitrogens is 2. The van der Waals surface area contributed by atoms with Gasteiger partial charge in [0.05, 0.1) is 17.6 Å². The predicted octanol–water partition coefficient (Wildman–Crippen LogP) is 2.02. The van der Waals surface area contributed by atoms with Gasteiger partial charge in [0.1, 0.15) is 30.3 Å². The van der Waals surface area contributed by atoms with Crippen LogP contribution in [0.2, 0.25) is 0 Å². The van der Waals surface area contributed by atoms with E-state index in [-0.39, 0.29) is 18.5 Å². The maximum absolute atomic E-state index is 12.8. The maximum atomic E-state index is 12.8. The molecule has 3 aromatic rings. The number of hydrogen-bond donors (Lipinski definition) is 4. The molecule has 0 aliphatic carbocycles. The number of carbonyl (C=O) groups is 2. The highest BCUT2D eigenvalue weighted by Gasteiger charge is 2.19. The average Bonchev–Trinajstić information content (AvgIpc) is 3.35. The number of H-pyrrole nitrogens is 1. The lowest BCUT2D eigenvalue weighted by atomic mass is 10.1. The SMILES string of the molecule is Cc1cc(OCCN2CCNC2=O)ccc1NC(=O)c1cccc2[nH]c(CO)nc12. The summed E-state index contributed by atoms with van der Waals surface area (Å²) in [6, 6.07) is 10.6. The van der Waals surface area contributed by atoms with Crippen LogP contribution >= 0.6 is 0 Å². The van der Waals surface area contributed by atoms with Crippen molar-refractivity contribution < 1.29 is 19.4 Å². The van der Waals surface area contributed by atoms with Crippen molar-refractivity contribution in [2.45, 2.75) is 13.5 Å². The van der Waals surface area contributed by atoms with Crippen molar-refractivity contribution in [1.29, 1.82) is 0 Å². The van der Waals surface area contributed by atoms with Gasteiger partial charge in [0.15, 0.2) is 0 Å². The van der Waals surface area contributed by atoms with Crippen molar-refractivity contribution in [3.05, 3.63) is 53.3 Å². The Morgan fingerprint density at radius 2 is 2.20 bits per heavy atom. The molecule has 1 fully saturated rings. The fourth-order valence-corrected chi connectivity index (χ4v) is 3.40. The molecular weight excluding hydrogens is 386 g/mol. The lowest BCUT2D eigenvalue weighted by molar-refractivity contribution is 0.102. The maximum Gasteiger partial charge on any atom is 0.317 e. The zero-order valence-corrected chi connectivity index (χ0v) is 16.6. The number of rotatable bonds is 7. The number of imidazole rings is 1. The Hall–Kier alpha value is -3.59. The summed E-state index contributed by atoms with van der Waals surface area (Å²) in [6.45, 7) is 3.93. The molecule has 4 N–H and O–H groups in total. The average molecular weight is 409 g/mol. The lowest BCUT2D eigenvalue weighted by Crippen LogP contribution is -2.31. The molecule has 1 aromatic heterocycles. The van der Waals surface area contributed by atoms with Gasteiger partial charge in [-0.2, -0.15) is 0 Å². The molecule has 9 heteroatoms. The number of urea groups is 1. The summed E-state index contributed by atoms with van der Waals surface area (Å²) in [5, 5.41) is 14.9. The highest BCUT2D eigenvalue weighted by molar-refractivity contribution is 6.11. The van der Waals surface area contributed by atoms with E-state index in [1.807, 2.05) is 13.0 Å². The van der Waals surface area contributed by atoms with Gasteiger partial charge in [-0.25, -0.2) is 9.78 Å². The number of nitrogens with one attached hydrogen (secondary N) is 3. The topological polar surface area (TPSA) is 120 Å². The third-order valence-corrected chi connectivity index (χ3v) is 4.98. The normalized spacial score (nSPS) is 13.5. The number of aryl methyl sites for hydroxylation is 1. The van der Waals surface area contributed by atoms with E-state index in [4.69, 9.17) is 4.74 Å². The van der Waals surface area contributed by atoms with Gasteiger partial charge in [-0.3, -0.25) is 4.79 Å². The lowest BCUT2D eigenvalue weighted by Gasteiger charge is -2.15. The highest BCUT2D eigenvalue weighted by atomic mass is 16.5. The molecule has 1 aliphatic rings. The summed E-state index contributed by atoms with van der Waals surface area (Å²) >= 11 is 0. The van der Waals surface area contributed by atoms with Gasteiger partial charge in [0.25, 0.3) is 5.91 Å². The first-order valence-electron chi connectivity index (χ1n) is 9.71. The molecule has 1 saturated heterocycles. The molecule has 3 amide bonds. The number of hydrogen-bond acceptors (Lipinski definition) is 5. The van der Waals surface area contributed by atoms with E-state index in [1.54, 1.807) is 35.2 Å². The van der Waals surface area contributed by atoms with Gasteiger partial charge in [-0.05, 0) is 42.8 Å². The standard InChI is InChI=1S/C21H23N5O4/c1-13-11-14(30-10-9-26-8-7-22-21(26)29)5-6-16(13)24-20(28)15-3-2-4-17-19(15)25-18(12-27)23-17/h2-6,11,27H,7-10,12H2,1H3,(H,22,29)(H,23,25)(H,24,28). The largest absolute Gasteiger partial charge is 0.492 e. The fraction of sp³-hybridized carbons (Fsp3) is 0.286. The third kappa shape index (κ3) is 4.06. The van der Waals surface area contributed by atoms with Crippen LogP contribution in [-0.4, -0.2) is 58.2 Å². The summed E-state index contributed by atoms with van der Waals surface area (Å²) < 4.78 is 5.74. The molecule has 2 aromatic carbocycles. The summed E-state index contributed by atoms with van der Waals surface area (Å²) in [7, 11) is 0. The van der Waals surface area contributed by atoms with E-state index in [9.17, 15) is 14.7 Å². The van der Waals surface area contributed by atoms with E-state index in [1.165, 1.54) is 0 Å². The molecule has 2 heterocycles. The number of benzene rings is 2. The number of aliphatic hydroxyl groups is 1. The van der Waals surface area contributed by atoms with Crippen molar-refractivity contribution in [1.82, 2.24) is 20.2 Å². The minimum absolute atomic E-state index is 0.0640. The van der Waals surface area contributed by atoms with Crippen LogP contribution in [-0.2, 0) is 6.61 Å². The van der Waals surface area contributed by atoms with Gasteiger partial charge in [-0.1, -0.05) is 6.07 Å².